The molecule has 0 atom stereocenters. The van der Waals surface area contributed by atoms with Gasteiger partial charge in [0, 0.05) is 17.8 Å². The molecule has 0 spiro atoms. The standard InChI is InChI=1S/C15H14F2N2O2/c16-10-5-9(6-11(17)7-10)14-13(15(20)21)8-19(18-14)12-3-1-2-4-12/h5-8,12H,1-4H2,(H,20,21). The molecule has 0 aliphatic heterocycles. The first-order valence-electron chi connectivity index (χ1n) is 6.83. The number of benzene rings is 1. The highest BCUT2D eigenvalue weighted by Gasteiger charge is 2.23. The maximum Gasteiger partial charge on any atom is 0.339 e. The lowest BCUT2D eigenvalue weighted by molar-refractivity contribution is 0.0697. The number of carbonyl (C=O) groups is 1. The van der Waals surface area contributed by atoms with Crippen LogP contribution in [0.3, 0.4) is 0 Å². The van der Waals surface area contributed by atoms with Crippen molar-refractivity contribution in [3.8, 4) is 11.3 Å². The molecule has 1 aromatic heterocycles. The first-order valence-corrected chi connectivity index (χ1v) is 6.83. The smallest absolute Gasteiger partial charge is 0.339 e. The molecule has 110 valence electrons. The molecule has 1 fully saturated rings. The number of aromatic nitrogens is 2. The predicted octanol–water partition coefficient (Wildman–Crippen LogP) is 3.64. The predicted molar refractivity (Wildman–Crippen MR) is 72.0 cm³/mol. The summed E-state index contributed by atoms with van der Waals surface area (Å²) in [4.78, 5) is 11.4. The van der Waals surface area contributed by atoms with E-state index in [-0.39, 0.29) is 22.9 Å². The Morgan fingerprint density at radius 2 is 1.81 bits per heavy atom. The fourth-order valence-corrected chi connectivity index (χ4v) is 2.81. The minimum Gasteiger partial charge on any atom is -0.478 e. The summed E-state index contributed by atoms with van der Waals surface area (Å²) in [5.41, 5.74) is 0.210. The largest absolute Gasteiger partial charge is 0.478 e. The van der Waals surface area contributed by atoms with Crippen LogP contribution in [-0.2, 0) is 0 Å². The second-order valence-corrected chi connectivity index (χ2v) is 5.27. The molecule has 1 aromatic carbocycles. The Hall–Kier alpha value is -2.24. The highest BCUT2D eigenvalue weighted by Crippen LogP contribution is 2.32. The average molecular weight is 292 g/mol. The van der Waals surface area contributed by atoms with E-state index in [0.717, 1.165) is 43.9 Å². The number of carboxylic acid groups (broad SMARTS) is 1. The molecule has 4 nitrogen and oxygen atoms in total. The van der Waals surface area contributed by atoms with Crippen molar-refractivity contribution in [2.24, 2.45) is 0 Å². The van der Waals surface area contributed by atoms with Gasteiger partial charge in [-0.05, 0) is 25.0 Å². The van der Waals surface area contributed by atoms with Crippen LogP contribution in [0.15, 0.2) is 24.4 Å². The van der Waals surface area contributed by atoms with Crippen molar-refractivity contribution in [3.05, 3.63) is 41.6 Å². The Balaban J connectivity index is 2.09. The van der Waals surface area contributed by atoms with Crippen LogP contribution in [-0.4, -0.2) is 20.9 Å². The summed E-state index contributed by atoms with van der Waals surface area (Å²) < 4.78 is 28.3. The summed E-state index contributed by atoms with van der Waals surface area (Å²) in [7, 11) is 0. The highest BCUT2D eigenvalue weighted by molar-refractivity contribution is 5.94. The van der Waals surface area contributed by atoms with Crippen molar-refractivity contribution in [1.29, 1.82) is 0 Å². The van der Waals surface area contributed by atoms with E-state index in [1.165, 1.54) is 6.20 Å². The van der Waals surface area contributed by atoms with Crippen molar-refractivity contribution >= 4 is 5.97 Å². The molecule has 0 bridgehead atoms. The van der Waals surface area contributed by atoms with Crippen molar-refractivity contribution in [3.63, 3.8) is 0 Å². The van der Waals surface area contributed by atoms with E-state index < -0.39 is 17.6 Å². The number of hydrogen-bond donors (Lipinski definition) is 1. The van der Waals surface area contributed by atoms with E-state index in [2.05, 4.69) is 5.10 Å². The molecule has 0 unspecified atom stereocenters. The number of aromatic carboxylic acids is 1. The Labute approximate surface area is 120 Å². The van der Waals surface area contributed by atoms with Crippen molar-refractivity contribution in [2.45, 2.75) is 31.7 Å². The second-order valence-electron chi connectivity index (χ2n) is 5.27. The summed E-state index contributed by atoms with van der Waals surface area (Å²) in [6.07, 6.45) is 5.50. The molecule has 1 aliphatic carbocycles. The lowest BCUT2D eigenvalue weighted by atomic mass is 10.1. The van der Waals surface area contributed by atoms with Gasteiger partial charge in [-0.25, -0.2) is 13.6 Å². The molecule has 6 heteroatoms. The Morgan fingerprint density at radius 3 is 2.38 bits per heavy atom. The van der Waals surface area contributed by atoms with E-state index >= 15 is 0 Å². The number of rotatable bonds is 3. The van der Waals surface area contributed by atoms with Gasteiger partial charge in [0.15, 0.2) is 0 Å². The van der Waals surface area contributed by atoms with Gasteiger partial charge in [0.1, 0.15) is 22.9 Å². The van der Waals surface area contributed by atoms with Crippen molar-refractivity contribution in [2.75, 3.05) is 0 Å². The third-order valence-corrected chi connectivity index (χ3v) is 3.80. The average Bonchev–Trinajstić information content (AvgIpc) is 3.06. The monoisotopic (exact) mass is 292 g/mol. The van der Waals surface area contributed by atoms with Crippen molar-refractivity contribution in [1.82, 2.24) is 9.78 Å². The molecule has 0 saturated heterocycles. The molecular formula is C15H14F2N2O2. The fourth-order valence-electron chi connectivity index (χ4n) is 2.81. The van der Waals surface area contributed by atoms with Crippen LogP contribution in [0.1, 0.15) is 42.1 Å². The minimum absolute atomic E-state index is 0.0353. The van der Waals surface area contributed by atoms with E-state index in [0.29, 0.717) is 0 Å². The molecule has 2 aromatic rings. The minimum atomic E-state index is -1.15. The number of halogens is 2. The summed E-state index contributed by atoms with van der Waals surface area (Å²) in [6, 6.07) is 3.10. The molecule has 1 N–H and O–H groups in total. The van der Waals surface area contributed by atoms with Gasteiger partial charge in [0.25, 0.3) is 0 Å². The van der Waals surface area contributed by atoms with Gasteiger partial charge in [-0.3, -0.25) is 4.68 Å². The lowest BCUT2D eigenvalue weighted by Gasteiger charge is -2.08. The Kier molecular flexibility index (Phi) is 3.45. The van der Waals surface area contributed by atoms with Gasteiger partial charge >= 0.3 is 5.97 Å². The van der Waals surface area contributed by atoms with Crippen LogP contribution in [0.2, 0.25) is 0 Å². The van der Waals surface area contributed by atoms with E-state index in [4.69, 9.17) is 0 Å². The Bertz CT molecular complexity index is 671. The highest BCUT2D eigenvalue weighted by atomic mass is 19.1. The maximum atomic E-state index is 13.3. The Morgan fingerprint density at radius 1 is 1.19 bits per heavy atom. The summed E-state index contributed by atoms with van der Waals surface area (Å²) in [5, 5.41) is 13.5. The van der Waals surface area contributed by atoms with Gasteiger partial charge in [-0.1, -0.05) is 12.8 Å². The number of carboxylic acids is 1. The zero-order valence-corrected chi connectivity index (χ0v) is 11.2. The van der Waals surface area contributed by atoms with Crippen LogP contribution < -0.4 is 0 Å². The van der Waals surface area contributed by atoms with Crippen LogP contribution in [0.25, 0.3) is 11.3 Å². The quantitative estimate of drug-likeness (QED) is 0.939. The summed E-state index contributed by atoms with van der Waals surface area (Å²) in [5.74, 6) is -2.66. The molecule has 1 saturated carbocycles. The first-order chi connectivity index (χ1) is 10.0. The third-order valence-electron chi connectivity index (χ3n) is 3.80. The molecule has 3 rings (SSSR count). The molecule has 21 heavy (non-hydrogen) atoms. The first kappa shape index (κ1) is 13.7. The van der Waals surface area contributed by atoms with Crippen LogP contribution in [0, 0.1) is 11.6 Å². The topological polar surface area (TPSA) is 55.1 Å². The maximum absolute atomic E-state index is 13.3. The third kappa shape index (κ3) is 2.66. The zero-order valence-electron chi connectivity index (χ0n) is 11.2. The van der Waals surface area contributed by atoms with Crippen molar-refractivity contribution < 1.29 is 18.7 Å². The molecule has 0 radical (unpaired) electrons. The van der Waals surface area contributed by atoms with Gasteiger partial charge in [-0.2, -0.15) is 5.10 Å². The van der Waals surface area contributed by atoms with E-state index in [9.17, 15) is 18.7 Å². The zero-order chi connectivity index (χ0) is 15.0. The van der Waals surface area contributed by atoms with Gasteiger partial charge in [0.2, 0.25) is 0 Å². The molecule has 1 aliphatic rings. The fraction of sp³-hybridized carbons (Fsp3) is 0.333. The summed E-state index contributed by atoms with van der Waals surface area (Å²) in [6.45, 7) is 0. The van der Waals surface area contributed by atoms with Gasteiger partial charge in [-0.15, -0.1) is 0 Å². The van der Waals surface area contributed by atoms with E-state index in [1.54, 1.807) is 4.68 Å². The number of nitrogens with zero attached hydrogens (tertiary/aromatic N) is 2. The second kappa shape index (κ2) is 5.27. The van der Waals surface area contributed by atoms with E-state index in [1.807, 2.05) is 0 Å². The van der Waals surface area contributed by atoms with Crippen LogP contribution >= 0.6 is 0 Å². The van der Waals surface area contributed by atoms with Gasteiger partial charge in [0.05, 0.1) is 6.04 Å². The summed E-state index contributed by atoms with van der Waals surface area (Å²) >= 11 is 0. The molecule has 1 heterocycles. The van der Waals surface area contributed by atoms with Crippen LogP contribution in [0.5, 0.6) is 0 Å². The number of hydrogen-bond acceptors (Lipinski definition) is 2. The van der Waals surface area contributed by atoms with Crippen LogP contribution in [0.4, 0.5) is 8.78 Å². The molecular weight excluding hydrogens is 278 g/mol. The lowest BCUT2D eigenvalue weighted by Crippen LogP contribution is -2.05. The molecule has 0 amide bonds. The normalized spacial score (nSPS) is 15.5. The van der Waals surface area contributed by atoms with Gasteiger partial charge < -0.3 is 5.11 Å². The SMILES string of the molecule is O=C(O)c1cn(C2CCCC2)nc1-c1cc(F)cc(F)c1.